The lowest BCUT2D eigenvalue weighted by Crippen LogP contribution is -2.36. The van der Waals surface area contributed by atoms with Gasteiger partial charge < -0.3 is 5.73 Å². The fourth-order valence-corrected chi connectivity index (χ4v) is 3.68. The molecule has 1 nitrogen and oxygen atoms in total. The Kier molecular flexibility index (Phi) is 8.75. The third-order valence-electron chi connectivity index (χ3n) is 4.93. The van der Waals surface area contributed by atoms with Gasteiger partial charge in [-0.25, -0.2) is 0 Å². The van der Waals surface area contributed by atoms with Crippen molar-refractivity contribution in [3.8, 4) is 0 Å². The lowest BCUT2D eigenvalue weighted by molar-refractivity contribution is 0.188. The molecular formula is C17H35N. The van der Waals surface area contributed by atoms with Gasteiger partial charge in [0, 0.05) is 6.04 Å². The molecule has 1 aliphatic rings. The zero-order valence-corrected chi connectivity index (χ0v) is 12.8. The molecule has 0 heterocycles. The molecule has 1 saturated carbocycles. The van der Waals surface area contributed by atoms with E-state index >= 15 is 0 Å². The molecule has 1 rings (SSSR count). The van der Waals surface area contributed by atoms with Gasteiger partial charge in [-0.05, 0) is 24.7 Å². The Bertz CT molecular complexity index is 190. The van der Waals surface area contributed by atoms with Crippen molar-refractivity contribution in [2.24, 2.45) is 17.6 Å². The van der Waals surface area contributed by atoms with Crippen molar-refractivity contribution in [2.45, 2.75) is 96.9 Å². The van der Waals surface area contributed by atoms with Crippen LogP contribution >= 0.6 is 0 Å². The minimum atomic E-state index is 0.487. The Morgan fingerprint density at radius 1 is 0.944 bits per heavy atom. The van der Waals surface area contributed by atoms with Gasteiger partial charge in [0.1, 0.15) is 0 Å². The summed E-state index contributed by atoms with van der Waals surface area (Å²) >= 11 is 0. The van der Waals surface area contributed by atoms with Crippen molar-refractivity contribution >= 4 is 0 Å². The van der Waals surface area contributed by atoms with Crippen LogP contribution in [0.5, 0.6) is 0 Å². The van der Waals surface area contributed by atoms with Crippen molar-refractivity contribution in [2.75, 3.05) is 0 Å². The number of hydrogen-bond donors (Lipinski definition) is 1. The van der Waals surface area contributed by atoms with Crippen LogP contribution in [-0.4, -0.2) is 6.04 Å². The molecule has 0 aliphatic heterocycles. The molecule has 1 heteroatoms. The molecule has 0 amide bonds. The molecule has 3 unspecified atom stereocenters. The van der Waals surface area contributed by atoms with Crippen LogP contribution in [0.2, 0.25) is 0 Å². The van der Waals surface area contributed by atoms with Crippen LogP contribution in [0.4, 0.5) is 0 Å². The smallest absolute Gasteiger partial charge is 0.00698 e. The first-order valence-electron chi connectivity index (χ1n) is 8.55. The second-order valence-electron chi connectivity index (χ2n) is 6.34. The van der Waals surface area contributed by atoms with Gasteiger partial charge in [0.05, 0.1) is 0 Å². The van der Waals surface area contributed by atoms with Gasteiger partial charge in [0.25, 0.3) is 0 Å². The first-order valence-corrected chi connectivity index (χ1v) is 8.55. The Balaban J connectivity index is 2.12. The highest BCUT2D eigenvalue weighted by atomic mass is 14.7. The molecular weight excluding hydrogens is 218 g/mol. The van der Waals surface area contributed by atoms with Gasteiger partial charge in [-0.3, -0.25) is 0 Å². The van der Waals surface area contributed by atoms with Crippen LogP contribution in [0, 0.1) is 11.8 Å². The molecule has 0 aromatic carbocycles. The number of nitrogens with two attached hydrogens (primary N) is 1. The van der Waals surface area contributed by atoms with Crippen LogP contribution in [0.1, 0.15) is 90.9 Å². The molecule has 0 aromatic heterocycles. The summed E-state index contributed by atoms with van der Waals surface area (Å²) in [5.74, 6) is 1.76. The van der Waals surface area contributed by atoms with E-state index in [-0.39, 0.29) is 0 Å². The highest BCUT2D eigenvalue weighted by Gasteiger charge is 2.28. The average molecular weight is 253 g/mol. The third kappa shape index (κ3) is 5.73. The quantitative estimate of drug-likeness (QED) is 0.556. The second kappa shape index (κ2) is 9.83. The van der Waals surface area contributed by atoms with Gasteiger partial charge in [-0.1, -0.05) is 78.1 Å². The van der Waals surface area contributed by atoms with Crippen molar-refractivity contribution in [3.63, 3.8) is 0 Å². The number of hydrogen-bond acceptors (Lipinski definition) is 1. The Morgan fingerprint density at radius 3 is 2.33 bits per heavy atom. The van der Waals surface area contributed by atoms with E-state index in [0.717, 1.165) is 11.8 Å². The van der Waals surface area contributed by atoms with Gasteiger partial charge in [-0.15, -0.1) is 0 Å². The molecule has 1 aliphatic carbocycles. The van der Waals surface area contributed by atoms with Crippen molar-refractivity contribution in [1.29, 1.82) is 0 Å². The minimum Gasteiger partial charge on any atom is -0.327 e. The first-order chi connectivity index (χ1) is 8.79. The lowest BCUT2D eigenvalue weighted by atomic mass is 9.73. The van der Waals surface area contributed by atoms with Crippen LogP contribution in [0.15, 0.2) is 0 Å². The Labute approximate surface area is 115 Å². The van der Waals surface area contributed by atoms with E-state index in [0.29, 0.717) is 6.04 Å². The minimum absolute atomic E-state index is 0.487. The maximum absolute atomic E-state index is 6.46. The molecule has 2 N–H and O–H groups in total. The van der Waals surface area contributed by atoms with E-state index in [4.69, 9.17) is 5.73 Å². The van der Waals surface area contributed by atoms with Crippen LogP contribution < -0.4 is 5.73 Å². The summed E-state index contributed by atoms with van der Waals surface area (Å²) < 4.78 is 0. The van der Waals surface area contributed by atoms with E-state index in [1.54, 1.807) is 0 Å². The second-order valence-corrected chi connectivity index (χ2v) is 6.34. The van der Waals surface area contributed by atoms with Crippen LogP contribution in [-0.2, 0) is 0 Å². The Hall–Kier alpha value is -0.0400. The SMILES string of the molecule is CCCCCCCCC(N)C1CCCCC1CC. The van der Waals surface area contributed by atoms with E-state index in [2.05, 4.69) is 13.8 Å². The summed E-state index contributed by atoms with van der Waals surface area (Å²) in [6.07, 6.45) is 16.7. The van der Waals surface area contributed by atoms with Crippen LogP contribution in [0.25, 0.3) is 0 Å². The van der Waals surface area contributed by atoms with Crippen molar-refractivity contribution in [3.05, 3.63) is 0 Å². The largest absolute Gasteiger partial charge is 0.327 e. The van der Waals surface area contributed by atoms with E-state index in [1.807, 2.05) is 0 Å². The predicted octanol–water partition coefficient (Wildman–Crippen LogP) is 5.28. The highest BCUT2D eigenvalue weighted by molar-refractivity contribution is 4.82. The van der Waals surface area contributed by atoms with Gasteiger partial charge in [-0.2, -0.15) is 0 Å². The van der Waals surface area contributed by atoms with Crippen molar-refractivity contribution in [1.82, 2.24) is 0 Å². The normalized spacial score (nSPS) is 26.2. The van der Waals surface area contributed by atoms with E-state index in [9.17, 15) is 0 Å². The molecule has 0 aromatic rings. The van der Waals surface area contributed by atoms with Gasteiger partial charge in [0.15, 0.2) is 0 Å². The summed E-state index contributed by atoms with van der Waals surface area (Å²) in [6, 6.07) is 0.487. The van der Waals surface area contributed by atoms with Crippen LogP contribution in [0.3, 0.4) is 0 Å². The fraction of sp³-hybridized carbons (Fsp3) is 1.00. The molecule has 0 bridgehead atoms. The summed E-state index contributed by atoms with van der Waals surface area (Å²) in [6.45, 7) is 4.63. The topological polar surface area (TPSA) is 26.0 Å². The Morgan fingerprint density at radius 2 is 1.61 bits per heavy atom. The maximum atomic E-state index is 6.46. The molecule has 3 atom stereocenters. The molecule has 0 spiro atoms. The fourth-order valence-electron chi connectivity index (χ4n) is 3.68. The first kappa shape index (κ1) is 16.0. The zero-order valence-electron chi connectivity index (χ0n) is 12.8. The summed E-state index contributed by atoms with van der Waals surface area (Å²) in [5.41, 5.74) is 6.46. The molecule has 0 saturated heterocycles. The zero-order chi connectivity index (χ0) is 13.2. The van der Waals surface area contributed by atoms with E-state index in [1.165, 1.54) is 77.0 Å². The molecule has 18 heavy (non-hydrogen) atoms. The standard InChI is InChI=1S/C17H35N/c1-3-5-6-7-8-9-14-17(18)16-13-11-10-12-15(16)4-2/h15-17H,3-14,18H2,1-2H3. The summed E-state index contributed by atoms with van der Waals surface area (Å²) in [4.78, 5) is 0. The predicted molar refractivity (Wildman–Crippen MR) is 81.7 cm³/mol. The summed E-state index contributed by atoms with van der Waals surface area (Å²) in [5, 5.41) is 0. The number of unbranched alkanes of at least 4 members (excludes halogenated alkanes) is 5. The van der Waals surface area contributed by atoms with E-state index < -0.39 is 0 Å². The lowest BCUT2D eigenvalue weighted by Gasteiger charge is -2.35. The number of rotatable bonds is 9. The summed E-state index contributed by atoms with van der Waals surface area (Å²) in [7, 11) is 0. The maximum Gasteiger partial charge on any atom is 0.00698 e. The van der Waals surface area contributed by atoms with Crippen molar-refractivity contribution < 1.29 is 0 Å². The van der Waals surface area contributed by atoms with Gasteiger partial charge in [0.2, 0.25) is 0 Å². The molecule has 1 fully saturated rings. The third-order valence-corrected chi connectivity index (χ3v) is 4.93. The average Bonchev–Trinajstić information content (AvgIpc) is 2.42. The molecule has 108 valence electrons. The van der Waals surface area contributed by atoms with Gasteiger partial charge >= 0.3 is 0 Å². The highest BCUT2D eigenvalue weighted by Crippen LogP contribution is 2.35. The molecule has 0 radical (unpaired) electrons. The monoisotopic (exact) mass is 253 g/mol.